The van der Waals surface area contributed by atoms with Crippen molar-refractivity contribution in [2.24, 2.45) is 0 Å². The summed E-state index contributed by atoms with van der Waals surface area (Å²) in [7, 11) is 0. The van der Waals surface area contributed by atoms with Crippen molar-refractivity contribution in [2.75, 3.05) is 13.2 Å². The Labute approximate surface area is 187 Å². The van der Waals surface area contributed by atoms with E-state index in [0.29, 0.717) is 51.7 Å². The minimum Gasteiger partial charge on any atom is -0.490 e. The molecule has 0 radical (unpaired) electrons. The first-order chi connectivity index (χ1) is 14.5. The number of allylic oxidation sites excluding steroid dienone is 1. The van der Waals surface area contributed by atoms with Gasteiger partial charge < -0.3 is 20.1 Å². The second-order valence-corrected chi connectivity index (χ2v) is 7.69. The normalized spacial score (nSPS) is 16.0. The maximum absolute atomic E-state index is 13.3. The summed E-state index contributed by atoms with van der Waals surface area (Å²) in [6, 6.07) is 12.4. The van der Waals surface area contributed by atoms with Crippen molar-refractivity contribution in [1.82, 2.24) is 10.6 Å². The molecular formula is C23H25ClN2O3S. The van der Waals surface area contributed by atoms with Crippen molar-refractivity contribution < 1.29 is 14.3 Å². The lowest BCUT2D eigenvalue weighted by Gasteiger charge is -2.31. The van der Waals surface area contributed by atoms with Crippen LogP contribution in [0, 0.1) is 0 Å². The third kappa shape index (κ3) is 4.77. The summed E-state index contributed by atoms with van der Waals surface area (Å²) in [6.07, 6.45) is 0.853. The smallest absolute Gasteiger partial charge is 0.193 e. The summed E-state index contributed by atoms with van der Waals surface area (Å²) >= 11 is 11.9. The number of Topliss-reactive ketones (excluding diaryl/α,β-unsaturated/α-hetero) is 1. The largest absolute Gasteiger partial charge is 0.490 e. The highest BCUT2D eigenvalue weighted by molar-refractivity contribution is 7.80. The van der Waals surface area contributed by atoms with Crippen LogP contribution in [0.3, 0.4) is 0 Å². The summed E-state index contributed by atoms with van der Waals surface area (Å²) in [5.41, 5.74) is 2.66. The predicted octanol–water partition coefficient (Wildman–Crippen LogP) is 5.20. The van der Waals surface area contributed by atoms with Crippen molar-refractivity contribution in [2.45, 2.75) is 33.2 Å². The molecule has 0 saturated carbocycles. The van der Waals surface area contributed by atoms with Crippen molar-refractivity contribution in [1.29, 1.82) is 0 Å². The number of hydrogen-bond acceptors (Lipinski definition) is 4. The van der Waals surface area contributed by atoms with E-state index < -0.39 is 6.04 Å². The number of ether oxygens (including phenoxy) is 2. The molecule has 0 fully saturated rings. The molecule has 0 saturated heterocycles. The van der Waals surface area contributed by atoms with E-state index in [4.69, 9.17) is 33.3 Å². The second kappa shape index (κ2) is 9.96. The monoisotopic (exact) mass is 444 g/mol. The predicted molar refractivity (Wildman–Crippen MR) is 123 cm³/mol. The molecule has 0 aromatic heterocycles. The van der Waals surface area contributed by atoms with Gasteiger partial charge in [0, 0.05) is 16.8 Å². The van der Waals surface area contributed by atoms with E-state index in [9.17, 15) is 4.79 Å². The number of benzene rings is 2. The third-order valence-electron chi connectivity index (χ3n) is 4.67. The van der Waals surface area contributed by atoms with Gasteiger partial charge in [-0.15, -0.1) is 0 Å². The van der Waals surface area contributed by atoms with E-state index in [-0.39, 0.29) is 5.78 Å². The number of halogens is 1. The van der Waals surface area contributed by atoms with Crippen LogP contribution < -0.4 is 20.1 Å². The number of rotatable bonds is 8. The lowest BCUT2D eigenvalue weighted by atomic mass is 9.89. The molecule has 2 N–H and O–H groups in total. The Kier molecular flexibility index (Phi) is 7.34. The van der Waals surface area contributed by atoms with Crippen LogP contribution in [-0.2, 0) is 0 Å². The van der Waals surface area contributed by atoms with Crippen molar-refractivity contribution in [3.8, 4) is 11.5 Å². The van der Waals surface area contributed by atoms with Gasteiger partial charge in [0.25, 0.3) is 0 Å². The van der Waals surface area contributed by atoms with Gasteiger partial charge in [-0.25, -0.2) is 0 Å². The standard InChI is InChI=1S/C23H25ClN2O3S/c1-4-11-29-22-17(24)12-16(13-18(22)28-5-2)20-19(14(3)25-23(30)26-20)21(27)15-9-7-6-8-10-15/h6-10,12-13,20H,4-5,11H2,1-3H3,(H2,25,26,30). The Morgan fingerprint density at radius 1 is 1.17 bits per heavy atom. The van der Waals surface area contributed by atoms with Gasteiger partial charge in [0.2, 0.25) is 0 Å². The first-order valence-corrected chi connectivity index (χ1v) is 10.7. The van der Waals surface area contributed by atoms with Crippen LogP contribution in [0.15, 0.2) is 53.7 Å². The fourth-order valence-electron chi connectivity index (χ4n) is 3.35. The van der Waals surface area contributed by atoms with Gasteiger partial charge >= 0.3 is 0 Å². The molecule has 3 rings (SSSR count). The van der Waals surface area contributed by atoms with E-state index in [1.54, 1.807) is 18.2 Å². The molecule has 30 heavy (non-hydrogen) atoms. The maximum Gasteiger partial charge on any atom is 0.193 e. The fraction of sp³-hybridized carbons (Fsp3) is 0.304. The van der Waals surface area contributed by atoms with Crippen LogP contribution >= 0.6 is 23.8 Å². The molecule has 0 aliphatic carbocycles. The van der Waals surface area contributed by atoms with Crippen LogP contribution in [0.4, 0.5) is 0 Å². The summed E-state index contributed by atoms with van der Waals surface area (Å²) in [6.45, 7) is 6.77. The molecule has 7 heteroatoms. The number of ketones is 1. The van der Waals surface area contributed by atoms with Gasteiger partial charge in [0.05, 0.1) is 24.3 Å². The van der Waals surface area contributed by atoms with Crippen LogP contribution in [0.25, 0.3) is 0 Å². The van der Waals surface area contributed by atoms with Crippen LogP contribution in [0.1, 0.15) is 49.2 Å². The molecule has 5 nitrogen and oxygen atoms in total. The van der Waals surface area contributed by atoms with Gasteiger partial charge in [0.1, 0.15) is 0 Å². The molecule has 1 aliphatic rings. The van der Waals surface area contributed by atoms with Crippen molar-refractivity contribution in [3.63, 3.8) is 0 Å². The molecule has 1 unspecified atom stereocenters. The molecule has 1 atom stereocenters. The molecule has 0 spiro atoms. The minimum absolute atomic E-state index is 0.0824. The quantitative estimate of drug-likeness (QED) is 0.431. The Balaban J connectivity index is 2.08. The molecular weight excluding hydrogens is 420 g/mol. The number of nitrogens with one attached hydrogen (secondary N) is 2. The Morgan fingerprint density at radius 3 is 2.57 bits per heavy atom. The minimum atomic E-state index is -0.469. The van der Waals surface area contributed by atoms with Gasteiger partial charge in [-0.2, -0.15) is 0 Å². The van der Waals surface area contributed by atoms with E-state index in [2.05, 4.69) is 10.6 Å². The van der Waals surface area contributed by atoms with E-state index >= 15 is 0 Å². The lowest BCUT2D eigenvalue weighted by Crippen LogP contribution is -2.44. The second-order valence-electron chi connectivity index (χ2n) is 6.88. The molecule has 1 aliphatic heterocycles. The zero-order valence-corrected chi connectivity index (χ0v) is 18.8. The number of carbonyl (C=O) groups excluding carboxylic acids is 1. The zero-order valence-electron chi connectivity index (χ0n) is 17.3. The topological polar surface area (TPSA) is 59.6 Å². The van der Waals surface area contributed by atoms with Crippen molar-refractivity contribution in [3.05, 3.63) is 69.9 Å². The maximum atomic E-state index is 13.3. The zero-order chi connectivity index (χ0) is 21.7. The van der Waals surface area contributed by atoms with E-state index in [1.165, 1.54) is 0 Å². The summed E-state index contributed by atoms with van der Waals surface area (Å²) < 4.78 is 11.6. The highest BCUT2D eigenvalue weighted by atomic mass is 35.5. The van der Waals surface area contributed by atoms with Crippen molar-refractivity contribution >= 4 is 34.7 Å². The first-order valence-electron chi connectivity index (χ1n) is 9.93. The molecule has 0 bridgehead atoms. The summed E-state index contributed by atoms with van der Waals surface area (Å²) in [5, 5.41) is 7.15. The highest BCUT2D eigenvalue weighted by Gasteiger charge is 2.31. The lowest BCUT2D eigenvalue weighted by molar-refractivity contribution is 0.102. The average Bonchev–Trinajstić information content (AvgIpc) is 2.73. The van der Waals surface area contributed by atoms with E-state index in [0.717, 1.165) is 12.0 Å². The van der Waals surface area contributed by atoms with Gasteiger partial charge in [-0.05, 0) is 50.2 Å². The van der Waals surface area contributed by atoms with E-state index in [1.807, 2.05) is 45.0 Å². The Bertz CT molecular complexity index is 976. The van der Waals surface area contributed by atoms with Gasteiger partial charge in [-0.1, -0.05) is 48.9 Å². The highest BCUT2D eigenvalue weighted by Crippen LogP contribution is 2.40. The number of thiocarbonyl (C=S) groups is 1. The molecule has 0 amide bonds. The molecule has 158 valence electrons. The third-order valence-corrected chi connectivity index (χ3v) is 5.17. The molecule has 2 aromatic carbocycles. The molecule has 1 heterocycles. The average molecular weight is 445 g/mol. The first kappa shape index (κ1) is 22.1. The number of carbonyl (C=O) groups is 1. The summed E-state index contributed by atoms with van der Waals surface area (Å²) in [4.78, 5) is 13.3. The summed E-state index contributed by atoms with van der Waals surface area (Å²) in [5.74, 6) is 0.974. The SMILES string of the molecule is CCCOc1c(Cl)cc(C2NC(=S)NC(C)=C2C(=O)c2ccccc2)cc1OCC. The van der Waals surface area contributed by atoms with Gasteiger partial charge in [0.15, 0.2) is 22.4 Å². The van der Waals surface area contributed by atoms with Gasteiger partial charge in [-0.3, -0.25) is 4.79 Å². The Morgan fingerprint density at radius 2 is 1.90 bits per heavy atom. The van der Waals surface area contributed by atoms with Crippen LogP contribution in [-0.4, -0.2) is 24.1 Å². The Hall–Kier alpha value is -2.57. The number of hydrogen-bond donors (Lipinski definition) is 2. The van der Waals surface area contributed by atoms with Crippen LogP contribution in [0.5, 0.6) is 11.5 Å². The van der Waals surface area contributed by atoms with Crippen LogP contribution in [0.2, 0.25) is 5.02 Å². The fourth-order valence-corrected chi connectivity index (χ4v) is 3.90. The molecule has 2 aromatic rings.